The van der Waals surface area contributed by atoms with Crippen molar-refractivity contribution in [3.05, 3.63) is 60.5 Å². The Morgan fingerprint density at radius 2 is 1.57 bits per heavy atom. The van der Waals surface area contributed by atoms with Gasteiger partial charge in [-0.2, -0.15) is 0 Å². The number of hydrogen-bond donors (Lipinski definition) is 1. The van der Waals surface area contributed by atoms with Crippen LogP contribution in [0.3, 0.4) is 0 Å². The summed E-state index contributed by atoms with van der Waals surface area (Å²) in [6, 6.07) is 14.5. The molecule has 0 amide bonds. The van der Waals surface area contributed by atoms with Crippen molar-refractivity contribution in [1.29, 1.82) is 0 Å². The van der Waals surface area contributed by atoms with Crippen LogP contribution in [0.1, 0.15) is 0 Å². The first-order valence-corrected chi connectivity index (χ1v) is 7.28. The number of nitrogens with zero attached hydrogens (tertiary/aromatic N) is 2. The van der Waals surface area contributed by atoms with E-state index in [1.54, 1.807) is 12.1 Å². The Morgan fingerprint density at radius 1 is 0.857 bits per heavy atom. The summed E-state index contributed by atoms with van der Waals surface area (Å²) in [7, 11) is 0. The number of hydrogen-bond acceptors (Lipinski definition) is 3. The molecular weight excluding hydrogens is 285 g/mol. The molecule has 0 aliphatic carbocycles. The molecule has 5 heteroatoms. The van der Waals surface area contributed by atoms with E-state index in [-0.39, 0.29) is 5.82 Å². The van der Waals surface area contributed by atoms with E-state index in [1.807, 2.05) is 24.4 Å². The van der Waals surface area contributed by atoms with Crippen LogP contribution in [0, 0.1) is 5.82 Å². The van der Waals surface area contributed by atoms with Crippen molar-refractivity contribution in [1.82, 2.24) is 15.2 Å². The number of nitrogens with one attached hydrogen (secondary N) is 1. The summed E-state index contributed by atoms with van der Waals surface area (Å²) < 4.78 is 13.0. The highest BCUT2D eigenvalue weighted by molar-refractivity contribution is 7.17. The topological polar surface area (TPSA) is 41.6 Å². The average Bonchev–Trinajstić information content (AvgIpc) is 3.16. The quantitative estimate of drug-likeness (QED) is 0.592. The van der Waals surface area contributed by atoms with Gasteiger partial charge < -0.3 is 4.98 Å². The molecule has 0 fully saturated rings. The second-order valence-corrected chi connectivity index (χ2v) is 5.68. The summed E-state index contributed by atoms with van der Waals surface area (Å²) in [5, 5.41) is 11.2. The molecular formula is C16H10FN3S. The SMILES string of the molecule is Fc1ccc(-c2nnc(-c3ccc4[nH]ccc4c3)s2)cc1. The predicted molar refractivity (Wildman–Crippen MR) is 82.6 cm³/mol. The Balaban J connectivity index is 1.74. The fourth-order valence-corrected chi connectivity index (χ4v) is 3.08. The summed E-state index contributed by atoms with van der Waals surface area (Å²) >= 11 is 1.50. The lowest BCUT2D eigenvalue weighted by Crippen LogP contribution is -1.78. The Hall–Kier alpha value is -2.53. The standard InChI is InChI=1S/C16H10FN3S/c17-13-4-1-10(2-5-13)15-19-20-16(21-15)12-3-6-14-11(9-12)7-8-18-14/h1-9,18H. The molecule has 102 valence electrons. The lowest BCUT2D eigenvalue weighted by Gasteiger charge is -1.96. The zero-order valence-corrected chi connectivity index (χ0v) is 11.7. The summed E-state index contributed by atoms with van der Waals surface area (Å²) in [4.78, 5) is 3.17. The first-order valence-electron chi connectivity index (χ1n) is 6.46. The van der Waals surface area contributed by atoms with Crippen LogP contribution in [0.5, 0.6) is 0 Å². The van der Waals surface area contributed by atoms with Gasteiger partial charge >= 0.3 is 0 Å². The molecule has 0 saturated carbocycles. The molecule has 4 rings (SSSR count). The summed E-state index contributed by atoms with van der Waals surface area (Å²) in [5.41, 5.74) is 3.01. The number of H-pyrrole nitrogens is 1. The molecule has 0 aliphatic heterocycles. The van der Waals surface area contributed by atoms with E-state index < -0.39 is 0 Å². The minimum atomic E-state index is -0.249. The van der Waals surface area contributed by atoms with Crippen molar-refractivity contribution in [2.75, 3.05) is 0 Å². The maximum atomic E-state index is 13.0. The first-order chi connectivity index (χ1) is 10.3. The van der Waals surface area contributed by atoms with Gasteiger partial charge in [0.2, 0.25) is 0 Å². The number of benzene rings is 2. The maximum absolute atomic E-state index is 13.0. The molecule has 0 spiro atoms. The fraction of sp³-hybridized carbons (Fsp3) is 0. The zero-order valence-electron chi connectivity index (χ0n) is 10.9. The van der Waals surface area contributed by atoms with Crippen molar-refractivity contribution in [3.8, 4) is 21.1 Å². The highest BCUT2D eigenvalue weighted by Crippen LogP contribution is 2.31. The molecule has 0 saturated heterocycles. The van der Waals surface area contributed by atoms with Gasteiger partial charge in [-0.1, -0.05) is 11.3 Å². The Bertz CT molecular complexity index is 909. The molecule has 0 radical (unpaired) electrons. The van der Waals surface area contributed by atoms with Crippen LogP contribution in [-0.4, -0.2) is 15.2 Å². The van der Waals surface area contributed by atoms with Crippen LogP contribution in [0.25, 0.3) is 32.0 Å². The molecule has 2 aromatic carbocycles. The van der Waals surface area contributed by atoms with Crippen LogP contribution < -0.4 is 0 Å². The lowest BCUT2D eigenvalue weighted by atomic mass is 10.2. The van der Waals surface area contributed by atoms with E-state index in [2.05, 4.69) is 21.2 Å². The fourth-order valence-electron chi connectivity index (χ4n) is 2.24. The number of rotatable bonds is 2. The molecule has 4 aromatic rings. The van der Waals surface area contributed by atoms with Crippen LogP contribution in [-0.2, 0) is 0 Å². The van der Waals surface area contributed by atoms with Gasteiger partial charge in [0.05, 0.1) is 0 Å². The van der Waals surface area contributed by atoms with Crippen LogP contribution in [0.4, 0.5) is 4.39 Å². The van der Waals surface area contributed by atoms with Gasteiger partial charge in [-0.05, 0) is 48.5 Å². The maximum Gasteiger partial charge on any atom is 0.148 e. The minimum Gasteiger partial charge on any atom is -0.361 e. The normalized spacial score (nSPS) is 11.1. The van der Waals surface area contributed by atoms with Crippen molar-refractivity contribution >= 4 is 22.2 Å². The van der Waals surface area contributed by atoms with Gasteiger partial charge in [-0.25, -0.2) is 4.39 Å². The van der Waals surface area contributed by atoms with E-state index in [0.29, 0.717) is 0 Å². The Labute approximate surface area is 124 Å². The number of halogens is 1. The highest BCUT2D eigenvalue weighted by Gasteiger charge is 2.09. The molecule has 0 bridgehead atoms. The third-order valence-electron chi connectivity index (χ3n) is 3.32. The third kappa shape index (κ3) is 2.21. The molecule has 2 aromatic heterocycles. The van der Waals surface area contributed by atoms with Crippen molar-refractivity contribution in [2.45, 2.75) is 0 Å². The molecule has 21 heavy (non-hydrogen) atoms. The lowest BCUT2D eigenvalue weighted by molar-refractivity contribution is 0.628. The van der Waals surface area contributed by atoms with Gasteiger partial charge in [0.15, 0.2) is 0 Å². The van der Waals surface area contributed by atoms with Gasteiger partial charge in [0, 0.05) is 28.2 Å². The Morgan fingerprint density at radius 3 is 2.38 bits per heavy atom. The second-order valence-electron chi connectivity index (χ2n) is 4.70. The molecule has 2 heterocycles. The average molecular weight is 295 g/mol. The van der Waals surface area contributed by atoms with Crippen LogP contribution in [0.2, 0.25) is 0 Å². The van der Waals surface area contributed by atoms with E-state index in [1.165, 1.54) is 23.5 Å². The van der Waals surface area contributed by atoms with E-state index in [9.17, 15) is 4.39 Å². The van der Waals surface area contributed by atoms with Crippen LogP contribution in [0.15, 0.2) is 54.7 Å². The third-order valence-corrected chi connectivity index (χ3v) is 4.34. The van der Waals surface area contributed by atoms with Gasteiger partial charge in [-0.15, -0.1) is 10.2 Å². The predicted octanol–water partition coefficient (Wildman–Crippen LogP) is 4.49. The number of aromatic nitrogens is 3. The summed E-state index contributed by atoms with van der Waals surface area (Å²) in [6.45, 7) is 0. The van der Waals surface area contributed by atoms with Gasteiger partial charge in [0.1, 0.15) is 15.8 Å². The largest absolute Gasteiger partial charge is 0.361 e. The van der Waals surface area contributed by atoms with Crippen molar-refractivity contribution < 1.29 is 4.39 Å². The van der Waals surface area contributed by atoms with E-state index in [4.69, 9.17) is 0 Å². The minimum absolute atomic E-state index is 0.249. The van der Waals surface area contributed by atoms with E-state index >= 15 is 0 Å². The molecule has 0 atom stereocenters. The van der Waals surface area contributed by atoms with Gasteiger partial charge in [-0.3, -0.25) is 0 Å². The number of fused-ring (bicyclic) bond motifs is 1. The zero-order chi connectivity index (χ0) is 14.2. The molecule has 0 aliphatic rings. The van der Waals surface area contributed by atoms with E-state index in [0.717, 1.165) is 32.0 Å². The molecule has 0 unspecified atom stereocenters. The van der Waals surface area contributed by atoms with Crippen molar-refractivity contribution in [3.63, 3.8) is 0 Å². The second kappa shape index (κ2) is 4.79. The monoisotopic (exact) mass is 295 g/mol. The van der Waals surface area contributed by atoms with Gasteiger partial charge in [0.25, 0.3) is 0 Å². The summed E-state index contributed by atoms with van der Waals surface area (Å²) in [6.07, 6.45) is 1.92. The van der Waals surface area contributed by atoms with Crippen molar-refractivity contribution in [2.24, 2.45) is 0 Å². The highest BCUT2D eigenvalue weighted by atomic mass is 32.1. The molecule has 1 N–H and O–H groups in total. The summed E-state index contributed by atoms with van der Waals surface area (Å²) in [5.74, 6) is -0.249. The van der Waals surface area contributed by atoms with Crippen LogP contribution >= 0.6 is 11.3 Å². The first kappa shape index (κ1) is 12.2. The molecule has 3 nitrogen and oxygen atoms in total. The Kier molecular flexibility index (Phi) is 2.79. The number of aromatic amines is 1. The smallest absolute Gasteiger partial charge is 0.148 e.